The van der Waals surface area contributed by atoms with Crippen molar-refractivity contribution in [2.45, 2.75) is 33.2 Å². The van der Waals surface area contributed by atoms with E-state index in [-0.39, 0.29) is 17.8 Å². The lowest BCUT2D eigenvalue weighted by atomic mass is 10.1. The summed E-state index contributed by atoms with van der Waals surface area (Å²) in [5, 5.41) is 4.73. The van der Waals surface area contributed by atoms with Crippen LogP contribution in [-0.4, -0.2) is 15.6 Å². The lowest BCUT2D eigenvalue weighted by molar-refractivity contribution is 0.0986. The molecule has 0 spiro atoms. The number of carbonyl (C=O) groups excluding carboxylic acids is 1. The molecule has 1 heterocycles. The molecule has 0 unspecified atom stereocenters. The predicted octanol–water partition coefficient (Wildman–Crippen LogP) is 3.68. The van der Waals surface area contributed by atoms with Crippen LogP contribution in [0.2, 0.25) is 5.02 Å². The van der Waals surface area contributed by atoms with Gasteiger partial charge in [-0.1, -0.05) is 18.5 Å². The fourth-order valence-corrected chi connectivity index (χ4v) is 2.25. The third-order valence-electron chi connectivity index (χ3n) is 3.15. The first-order valence-corrected chi connectivity index (χ1v) is 6.96. The van der Waals surface area contributed by atoms with Crippen LogP contribution in [0.4, 0.5) is 4.39 Å². The molecule has 1 aromatic carbocycles. The number of Topliss-reactive ketones (excluding diaryl/α,β-unsaturated/α-hetero) is 1. The quantitative estimate of drug-likeness (QED) is 0.788. The van der Waals surface area contributed by atoms with Crippen LogP contribution in [0.25, 0.3) is 0 Å². The molecule has 2 rings (SSSR count). The van der Waals surface area contributed by atoms with Gasteiger partial charge in [-0.05, 0) is 37.6 Å². The number of halogens is 2. The number of hydrogen-bond donors (Lipinski definition) is 0. The van der Waals surface area contributed by atoms with E-state index in [0.717, 1.165) is 17.8 Å². The highest BCUT2D eigenvalue weighted by molar-refractivity contribution is 6.31. The van der Waals surface area contributed by atoms with Gasteiger partial charge < -0.3 is 0 Å². The molecule has 2 aromatic rings. The van der Waals surface area contributed by atoms with Gasteiger partial charge in [0, 0.05) is 17.3 Å². The number of nitrogens with zero attached hydrogens (tertiary/aromatic N) is 2. The van der Waals surface area contributed by atoms with Crippen LogP contribution in [0, 0.1) is 5.82 Å². The first-order valence-electron chi connectivity index (χ1n) is 6.59. The molecule has 0 aliphatic rings. The minimum absolute atomic E-state index is 0.0272. The van der Waals surface area contributed by atoms with Crippen molar-refractivity contribution in [1.29, 1.82) is 0 Å². The van der Waals surface area contributed by atoms with E-state index in [2.05, 4.69) is 5.10 Å². The molecular weight excluding hydrogens is 279 g/mol. The van der Waals surface area contributed by atoms with E-state index in [1.54, 1.807) is 4.68 Å². The molecule has 0 atom stereocenters. The standard InChI is InChI=1S/C15H16ClFN2O/c1-3-11-8-12(19(4-2)18-11)9-15(20)13-7-10(16)5-6-14(13)17/h5-8H,3-4,9H2,1-2H3. The van der Waals surface area contributed by atoms with Crippen molar-refractivity contribution in [2.75, 3.05) is 0 Å². The van der Waals surface area contributed by atoms with Crippen LogP contribution in [-0.2, 0) is 19.4 Å². The van der Waals surface area contributed by atoms with Gasteiger partial charge in [-0.2, -0.15) is 5.10 Å². The summed E-state index contributed by atoms with van der Waals surface area (Å²) in [5.41, 5.74) is 1.76. The van der Waals surface area contributed by atoms with Gasteiger partial charge in [0.1, 0.15) is 5.82 Å². The van der Waals surface area contributed by atoms with Gasteiger partial charge in [0.25, 0.3) is 0 Å². The third kappa shape index (κ3) is 3.07. The molecular formula is C15H16ClFN2O. The Bertz CT molecular complexity index is 637. The number of hydrogen-bond acceptors (Lipinski definition) is 2. The smallest absolute Gasteiger partial charge is 0.171 e. The van der Waals surface area contributed by atoms with E-state index in [4.69, 9.17) is 11.6 Å². The average molecular weight is 295 g/mol. The van der Waals surface area contributed by atoms with Crippen molar-refractivity contribution in [1.82, 2.24) is 9.78 Å². The zero-order valence-electron chi connectivity index (χ0n) is 11.5. The average Bonchev–Trinajstić information content (AvgIpc) is 2.83. The van der Waals surface area contributed by atoms with Crippen LogP contribution in [0.3, 0.4) is 0 Å². The van der Waals surface area contributed by atoms with Crippen LogP contribution < -0.4 is 0 Å². The number of aryl methyl sites for hydroxylation is 2. The Kier molecular flexibility index (Phi) is 4.55. The van der Waals surface area contributed by atoms with E-state index < -0.39 is 5.82 Å². The van der Waals surface area contributed by atoms with E-state index >= 15 is 0 Å². The molecule has 0 saturated carbocycles. The molecule has 106 valence electrons. The minimum Gasteiger partial charge on any atom is -0.294 e. The van der Waals surface area contributed by atoms with Crippen LogP contribution >= 0.6 is 11.6 Å². The van der Waals surface area contributed by atoms with Gasteiger partial charge >= 0.3 is 0 Å². The Labute approximate surface area is 122 Å². The second-order valence-corrected chi connectivity index (χ2v) is 4.96. The molecule has 0 aliphatic heterocycles. The van der Waals surface area contributed by atoms with Crippen molar-refractivity contribution < 1.29 is 9.18 Å². The number of ketones is 1. The normalized spacial score (nSPS) is 10.8. The summed E-state index contributed by atoms with van der Waals surface area (Å²) in [6.45, 7) is 4.64. The molecule has 0 bridgehead atoms. The van der Waals surface area contributed by atoms with Gasteiger partial charge in [-0.25, -0.2) is 4.39 Å². The van der Waals surface area contributed by atoms with E-state index in [0.29, 0.717) is 11.6 Å². The highest BCUT2D eigenvalue weighted by atomic mass is 35.5. The maximum atomic E-state index is 13.7. The van der Waals surface area contributed by atoms with E-state index in [9.17, 15) is 9.18 Å². The molecule has 0 saturated heterocycles. The van der Waals surface area contributed by atoms with Gasteiger partial charge in [0.2, 0.25) is 0 Å². The second kappa shape index (κ2) is 6.18. The fourth-order valence-electron chi connectivity index (χ4n) is 2.07. The fraction of sp³-hybridized carbons (Fsp3) is 0.333. The summed E-state index contributed by atoms with van der Waals surface area (Å²) < 4.78 is 15.5. The first kappa shape index (κ1) is 14.7. The highest BCUT2D eigenvalue weighted by Gasteiger charge is 2.16. The van der Waals surface area contributed by atoms with Crippen molar-refractivity contribution in [2.24, 2.45) is 0 Å². The van der Waals surface area contributed by atoms with E-state index in [1.807, 2.05) is 19.9 Å². The Balaban J connectivity index is 2.27. The van der Waals surface area contributed by atoms with Crippen molar-refractivity contribution in [3.05, 3.63) is 52.1 Å². The van der Waals surface area contributed by atoms with Crippen LogP contribution in [0.1, 0.15) is 35.6 Å². The van der Waals surface area contributed by atoms with Gasteiger partial charge in [-0.3, -0.25) is 9.48 Å². The largest absolute Gasteiger partial charge is 0.294 e. The van der Waals surface area contributed by atoms with E-state index in [1.165, 1.54) is 18.2 Å². The molecule has 3 nitrogen and oxygen atoms in total. The summed E-state index contributed by atoms with van der Waals surface area (Å²) in [5.74, 6) is -0.833. The minimum atomic E-state index is -0.544. The number of rotatable bonds is 5. The Morgan fingerprint density at radius 2 is 2.10 bits per heavy atom. The lowest BCUT2D eigenvalue weighted by Crippen LogP contribution is -2.11. The highest BCUT2D eigenvalue weighted by Crippen LogP contribution is 2.17. The topological polar surface area (TPSA) is 34.9 Å². The lowest BCUT2D eigenvalue weighted by Gasteiger charge is -2.05. The van der Waals surface area contributed by atoms with Crippen molar-refractivity contribution in [3.63, 3.8) is 0 Å². The zero-order chi connectivity index (χ0) is 14.7. The Hall–Kier alpha value is -1.68. The molecule has 5 heteroatoms. The predicted molar refractivity (Wildman–Crippen MR) is 76.7 cm³/mol. The van der Waals surface area contributed by atoms with Crippen LogP contribution in [0.5, 0.6) is 0 Å². The summed E-state index contributed by atoms with van der Waals surface area (Å²) in [4.78, 5) is 12.2. The molecule has 0 radical (unpaired) electrons. The molecule has 0 N–H and O–H groups in total. The maximum absolute atomic E-state index is 13.7. The summed E-state index contributed by atoms with van der Waals surface area (Å²) in [6.07, 6.45) is 0.928. The third-order valence-corrected chi connectivity index (χ3v) is 3.38. The summed E-state index contributed by atoms with van der Waals surface area (Å²) in [7, 11) is 0. The molecule has 20 heavy (non-hydrogen) atoms. The van der Waals surface area contributed by atoms with Crippen LogP contribution in [0.15, 0.2) is 24.3 Å². The van der Waals surface area contributed by atoms with Crippen molar-refractivity contribution >= 4 is 17.4 Å². The monoisotopic (exact) mass is 294 g/mol. The number of benzene rings is 1. The van der Waals surface area contributed by atoms with Gasteiger partial charge in [0.15, 0.2) is 5.78 Å². The summed E-state index contributed by atoms with van der Waals surface area (Å²) in [6, 6.07) is 5.90. The maximum Gasteiger partial charge on any atom is 0.171 e. The number of aromatic nitrogens is 2. The zero-order valence-corrected chi connectivity index (χ0v) is 12.2. The molecule has 0 amide bonds. The van der Waals surface area contributed by atoms with Crippen molar-refractivity contribution in [3.8, 4) is 0 Å². The number of carbonyl (C=O) groups is 1. The molecule has 1 aromatic heterocycles. The molecule has 0 aliphatic carbocycles. The van der Waals surface area contributed by atoms with Gasteiger partial charge in [0.05, 0.1) is 17.7 Å². The Morgan fingerprint density at radius 1 is 1.35 bits per heavy atom. The Morgan fingerprint density at radius 3 is 2.75 bits per heavy atom. The first-order chi connectivity index (χ1) is 9.55. The SMILES string of the molecule is CCc1cc(CC(=O)c2cc(Cl)ccc2F)n(CC)n1. The molecule has 0 fully saturated rings. The summed E-state index contributed by atoms with van der Waals surface area (Å²) >= 11 is 5.81. The van der Waals surface area contributed by atoms with Gasteiger partial charge in [-0.15, -0.1) is 0 Å². The second-order valence-electron chi connectivity index (χ2n) is 4.52.